The van der Waals surface area contributed by atoms with Crippen LogP contribution in [-0.4, -0.2) is 51.9 Å². The number of carbonyl (C=O) groups excluding carboxylic acids is 1. The molecule has 1 saturated heterocycles. The third-order valence-electron chi connectivity index (χ3n) is 5.32. The van der Waals surface area contributed by atoms with Crippen molar-refractivity contribution in [2.24, 2.45) is 0 Å². The summed E-state index contributed by atoms with van der Waals surface area (Å²) in [5.41, 5.74) is 1.78. The van der Waals surface area contributed by atoms with Crippen LogP contribution in [0.25, 0.3) is 11.5 Å². The van der Waals surface area contributed by atoms with Crippen molar-refractivity contribution < 1.29 is 13.9 Å². The van der Waals surface area contributed by atoms with Crippen molar-refractivity contribution in [2.45, 2.75) is 39.2 Å². The second kappa shape index (κ2) is 9.59. The molecule has 162 valence electrons. The van der Waals surface area contributed by atoms with E-state index in [-0.39, 0.29) is 12.1 Å². The third-order valence-corrected chi connectivity index (χ3v) is 5.32. The number of aryl methyl sites for hydroxylation is 1. The van der Waals surface area contributed by atoms with Crippen molar-refractivity contribution in [1.82, 2.24) is 20.1 Å². The van der Waals surface area contributed by atoms with E-state index < -0.39 is 0 Å². The zero-order valence-corrected chi connectivity index (χ0v) is 17.9. The molecule has 2 amide bonds. The number of amides is 2. The number of benzene rings is 1. The number of hydrogen-bond donors (Lipinski definition) is 0. The number of rotatable bonds is 9. The van der Waals surface area contributed by atoms with E-state index in [0.29, 0.717) is 11.8 Å². The van der Waals surface area contributed by atoms with Gasteiger partial charge in [-0.2, -0.15) is 0 Å². The molecule has 31 heavy (non-hydrogen) atoms. The van der Waals surface area contributed by atoms with Gasteiger partial charge in [-0.25, -0.2) is 4.79 Å². The molecule has 3 aromatic rings. The van der Waals surface area contributed by atoms with Gasteiger partial charge in [-0.1, -0.05) is 0 Å². The molecule has 8 heteroatoms. The fourth-order valence-electron chi connectivity index (χ4n) is 3.67. The smallest absolute Gasteiger partial charge is 0.324 e. The fraction of sp³-hybridized carbons (Fsp3) is 0.391. The summed E-state index contributed by atoms with van der Waals surface area (Å²) in [6.45, 7) is 6.10. The highest BCUT2D eigenvalue weighted by Crippen LogP contribution is 2.23. The molecule has 0 N–H and O–H groups in total. The number of ether oxygens (including phenoxy) is 1. The molecule has 0 radical (unpaired) electrons. The number of anilines is 1. The van der Waals surface area contributed by atoms with Crippen molar-refractivity contribution in [2.75, 3.05) is 24.5 Å². The molecule has 2 aromatic heterocycles. The summed E-state index contributed by atoms with van der Waals surface area (Å²) < 4.78 is 11.5. The fourth-order valence-corrected chi connectivity index (χ4v) is 3.67. The van der Waals surface area contributed by atoms with E-state index in [2.05, 4.69) is 22.1 Å². The van der Waals surface area contributed by atoms with Gasteiger partial charge in [0.1, 0.15) is 5.75 Å². The molecule has 1 aromatic carbocycles. The van der Waals surface area contributed by atoms with Crippen molar-refractivity contribution >= 4 is 11.7 Å². The zero-order chi connectivity index (χ0) is 21.6. The summed E-state index contributed by atoms with van der Waals surface area (Å²) in [5.74, 6) is 1.87. The molecule has 1 aliphatic heterocycles. The summed E-state index contributed by atoms with van der Waals surface area (Å²) in [7, 11) is 0. The third kappa shape index (κ3) is 5.20. The normalized spacial score (nSPS) is 14.8. The van der Waals surface area contributed by atoms with E-state index in [1.807, 2.05) is 46.2 Å². The van der Waals surface area contributed by atoms with Gasteiger partial charge in [0.05, 0.1) is 6.10 Å². The first-order chi connectivity index (χ1) is 15.1. The quantitative estimate of drug-likeness (QED) is 0.479. The first-order valence-electron chi connectivity index (χ1n) is 10.6. The summed E-state index contributed by atoms with van der Waals surface area (Å²) in [6.07, 6.45) is 6.41. The number of hydrogen-bond acceptors (Lipinski definition) is 6. The van der Waals surface area contributed by atoms with Crippen LogP contribution in [0.4, 0.5) is 10.5 Å². The number of urea groups is 1. The van der Waals surface area contributed by atoms with E-state index in [9.17, 15) is 4.79 Å². The molecule has 0 saturated carbocycles. The van der Waals surface area contributed by atoms with Crippen LogP contribution in [0.5, 0.6) is 5.75 Å². The first kappa shape index (κ1) is 20.8. The van der Waals surface area contributed by atoms with Gasteiger partial charge in [-0.05, 0) is 62.6 Å². The van der Waals surface area contributed by atoms with Gasteiger partial charge >= 0.3 is 6.03 Å². The number of unbranched alkanes of at least 4 members (excludes halogenated alkanes) is 1. The van der Waals surface area contributed by atoms with E-state index in [4.69, 9.17) is 9.15 Å². The highest BCUT2D eigenvalue weighted by molar-refractivity contribution is 5.93. The number of nitrogens with zero attached hydrogens (tertiary/aromatic N) is 5. The van der Waals surface area contributed by atoms with Gasteiger partial charge in [0.25, 0.3) is 0 Å². The lowest BCUT2D eigenvalue weighted by Gasteiger charge is -2.19. The second-order valence-corrected chi connectivity index (χ2v) is 7.70. The van der Waals surface area contributed by atoms with Crippen LogP contribution in [0.3, 0.4) is 0 Å². The Kier molecular flexibility index (Phi) is 6.45. The van der Waals surface area contributed by atoms with Crippen molar-refractivity contribution in [3.63, 3.8) is 0 Å². The molecular weight excluding hydrogens is 394 g/mol. The SMILES string of the molecule is Cc1nnc(-c2ccc(OC(C)CCCCN3CCN(c4ccncc4)C3=O)cc2)o1. The molecule has 1 unspecified atom stereocenters. The van der Waals surface area contributed by atoms with E-state index in [1.54, 1.807) is 19.3 Å². The molecular formula is C23H27N5O3. The summed E-state index contributed by atoms with van der Waals surface area (Å²) in [4.78, 5) is 20.3. The second-order valence-electron chi connectivity index (χ2n) is 7.70. The lowest BCUT2D eigenvalue weighted by molar-refractivity contribution is 0.201. The molecule has 1 aliphatic rings. The average molecular weight is 422 g/mol. The minimum absolute atomic E-state index is 0.0760. The summed E-state index contributed by atoms with van der Waals surface area (Å²) in [6, 6.07) is 11.5. The highest BCUT2D eigenvalue weighted by atomic mass is 16.5. The lowest BCUT2D eigenvalue weighted by Crippen LogP contribution is -2.32. The first-order valence-corrected chi connectivity index (χ1v) is 10.6. The largest absolute Gasteiger partial charge is 0.491 e. The van der Waals surface area contributed by atoms with Crippen molar-refractivity contribution in [3.05, 3.63) is 54.7 Å². The van der Waals surface area contributed by atoms with Crippen LogP contribution in [-0.2, 0) is 0 Å². The number of aromatic nitrogens is 3. The van der Waals surface area contributed by atoms with Gasteiger partial charge < -0.3 is 14.1 Å². The average Bonchev–Trinajstić information content (AvgIpc) is 3.38. The standard InChI is InChI=1S/C23H27N5O3/c1-17(30-21-8-6-19(7-9-21)22-26-25-18(2)31-22)5-3-4-14-27-15-16-28(23(27)29)20-10-12-24-13-11-20/h6-13,17H,3-5,14-16H2,1-2H3. The zero-order valence-electron chi connectivity index (χ0n) is 17.9. The maximum absolute atomic E-state index is 12.6. The molecule has 4 rings (SSSR count). The minimum Gasteiger partial charge on any atom is -0.491 e. The molecule has 3 heterocycles. The van der Waals surface area contributed by atoms with Crippen LogP contribution in [0, 0.1) is 6.92 Å². The predicted octanol–water partition coefficient (Wildman–Crippen LogP) is 4.32. The predicted molar refractivity (Wildman–Crippen MR) is 117 cm³/mol. The van der Waals surface area contributed by atoms with Crippen molar-refractivity contribution in [3.8, 4) is 17.2 Å². The molecule has 1 fully saturated rings. The Labute approximate surface area is 181 Å². The Morgan fingerprint density at radius 1 is 1.06 bits per heavy atom. The van der Waals surface area contributed by atoms with Crippen molar-refractivity contribution in [1.29, 1.82) is 0 Å². The van der Waals surface area contributed by atoms with Crippen LogP contribution >= 0.6 is 0 Å². The molecule has 0 spiro atoms. The Bertz CT molecular complexity index is 990. The van der Waals surface area contributed by atoms with E-state index >= 15 is 0 Å². The Hall–Kier alpha value is -3.42. The monoisotopic (exact) mass is 421 g/mol. The van der Waals surface area contributed by atoms with Gasteiger partial charge in [-0.15, -0.1) is 10.2 Å². The van der Waals surface area contributed by atoms with Crippen LogP contribution in [0.1, 0.15) is 32.1 Å². The number of pyridine rings is 1. The Balaban J connectivity index is 1.18. The van der Waals surface area contributed by atoms with Gasteiger partial charge in [0.15, 0.2) is 0 Å². The maximum atomic E-state index is 12.6. The molecule has 0 bridgehead atoms. The number of carbonyl (C=O) groups is 1. The summed E-state index contributed by atoms with van der Waals surface area (Å²) >= 11 is 0. The summed E-state index contributed by atoms with van der Waals surface area (Å²) in [5, 5.41) is 7.88. The van der Waals surface area contributed by atoms with Crippen LogP contribution in [0.2, 0.25) is 0 Å². The van der Waals surface area contributed by atoms with E-state index in [1.165, 1.54) is 0 Å². The van der Waals surface area contributed by atoms with E-state index in [0.717, 1.165) is 55.9 Å². The molecule has 1 atom stereocenters. The highest BCUT2D eigenvalue weighted by Gasteiger charge is 2.28. The maximum Gasteiger partial charge on any atom is 0.324 e. The Morgan fingerprint density at radius 2 is 1.84 bits per heavy atom. The van der Waals surface area contributed by atoms with Crippen LogP contribution in [0.15, 0.2) is 53.2 Å². The molecule has 0 aliphatic carbocycles. The van der Waals surface area contributed by atoms with Crippen LogP contribution < -0.4 is 9.64 Å². The lowest BCUT2D eigenvalue weighted by atomic mass is 10.1. The van der Waals surface area contributed by atoms with Gasteiger partial charge in [0.2, 0.25) is 11.8 Å². The van der Waals surface area contributed by atoms with Gasteiger partial charge in [-0.3, -0.25) is 9.88 Å². The minimum atomic E-state index is 0.0760. The Morgan fingerprint density at radius 3 is 2.55 bits per heavy atom. The molecule has 8 nitrogen and oxygen atoms in total. The topological polar surface area (TPSA) is 84.6 Å². The van der Waals surface area contributed by atoms with Gasteiger partial charge in [0, 0.05) is 50.2 Å².